The van der Waals surface area contributed by atoms with Crippen LogP contribution in [0.4, 0.5) is 35.1 Å². The molecule has 0 unspecified atom stereocenters. The van der Waals surface area contributed by atoms with Crippen LogP contribution in [0, 0.1) is 23.2 Å². The zero-order valence-corrected chi connectivity index (χ0v) is 16.5. The third-order valence-electron chi connectivity index (χ3n) is 6.39. The van der Waals surface area contributed by atoms with Crippen molar-refractivity contribution in [1.82, 2.24) is 0 Å². The van der Waals surface area contributed by atoms with Crippen LogP contribution in [0.5, 0.6) is 0 Å². The zero-order valence-electron chi connectivity index (χ0n) is 15.6. The van der Waals surface area contributed by atoms with Crippen molar-refractivity contribution in [3.63, 3.8) is 0 Å². The maximum absolute atomic E-state index is 13.6. The van der Waals surface area contributed by atoms with Crippen LogP contribution in [0.1, 0.15) is 51.4 Å². The topological polar surface area (TPSA) is 18.5 Å². The molecule has 2 nitrogen and oxygen atoms in total. The predicted molar refractivity (Wildman–Crippen MR) is 90.5 cm³/mol. The van der Waals surface area contributed by atoms with Crippen LogP contribution >= 0.6 is 12.6 Å². The molecule has 29 heavy (non-hydrogen) atoms. The van der Waals surface area contributed by atoms with Crippen LogP contribution in [-0.2, 0) is 9.47 Å². The van der Waals surface area contributed by atoms with E-state index in [4.69, 9.17) is 4.74 Å². The molecule has 0 aromatic heterocycles. The van der Waals surface area contributed by atoms with Crippen molar-refractivity contribution in [2.45, 2.75) is 74.8 Å². The lowest BCUT2D eigenvalue weighted by atomic mass is 9.50. The summed E-state index contributed by atoms with van der Waals surface area (Å²) in [5.74, 6) is -3.08. The van der Waals surface area contributed by atoms with E-state index >= 15 is 0 Å². The molecule has 4 fully saturated rings. The van der Waals surface area contributed by atoms with Crippen molar-refractivity contribution in [2.75, 3.05) is 13.2 Å². The van der Waals surface area contributed by atoms with E-state index in [0.717, 1.165) is 19.3 Å². The number of alkyl halides is 8. The van der Waals surface area contributed by atoms with Gasteiger partial charge in [-0.3, -0.25) is 0 Å². The lowest BCUT2D eigenvalue weighted by molar-refractivity contribution is -0.455. The number of hydrogen-bond acceptors (Lipinski definition) is 3. The van der Waals surface area contributed by atoms with Gasteiger partial charge in [0.1, 0.15) is 0 Å². The fourth-order valence-electron chi connectivity index (χ4n) is 5.59. The van der Waals surface area contributed by atoms with Crippen LogP contribution in [0.3, 0.4) is 0 Å². The first-order chi connectivity index (χ1) is 13.1. The van der Waals surface area contributed by atoms with E-state index in [2.05, 4.69) is 17.4 Å². The van der Waals surface area contributed by atoms with Gasteiger partial charge >= 0.3 is 23.4 Å². The summed E-state index contributed by atoms with van der Waals surface area (Å²) in [5.41, 5.74) is 0.0184. The van der Waals surface area contributed by atoms with E-state index in [1.165, 1.54) is 19.3 Å². The predicted octanol–water partition coefficient (Wildman–Crippen LogP) is 6.36. The Kier molecular flexibility index (Phi) is 6.20. The minimum atomic E-state index is -5.86. The first-order valence-corrected chi connectivity index (χ1v) is 10.1. The Labute approximate surface area is 169 Å². The monoisotopic (exact) mass is 456 g/mol. The summed E-state index contributed by atoms with van der Waals surface area (Å²) in [7, 11) is 0. The van der Waals surface area contributed by atoms with Gasteiger partial charge in [0.2, 0.25) is 0 Å². The molecule has 170 valence electrons. The van der Waals surface area contributed by atoms with Crippen LogP contribution < -0.4 is 0 Å². The summed E-state index contributed by atoms with van der Waals surface area (Å²) in [5, 5.41) is -5.34. The van der Waals surface area contributed by atoms with Crippen molar-refractivity contribution in [3.05, 3.63) is 0 Å². The molecule has 4 rings (SSSR count). The summed E-state index contributed by atoms with van der Waals surface area (Å²) < 4.78 is 113. The first kappa shape index (κ1) is 23.4. The largest absolute Gasteiger partial charge is 0.434 e. The van der Waals surface area contributed by atoms with Crippen molar-refractivity contribution in [2.24, 2.45) is 23.2 Å². The molecule has 0 radical (unpaired) electrons. The molecule has 0 heterocycles. The Morgan fingerprint density at radius 2 is 1.28 bits per heavy atom. The molecule has 0 aromatic carbocycles. The molecule has 4 aliphatic carbocycles. The Morgan fingerprint density at radius 1 is 0.793 bits per heavy atom. The summed E-state index contributed by atoms with van der Waals surface area (Å²) in [6.45, 7) is 0.103. The van der Waals surface area contributed by atoms with Crippen molar-refractivity contribution >= 4 is 12.6 Å². The minimum absolute atomic E-state index is 0.0184. The lowest BCUT2D eigenvalue weighted by Gasteiger charge is -2.56. The van der Waals surface area contributed by atoms with Gasteiger partial charge < -0.3 is 4.74 Å². The number of ether oxygens (including phenoxy) is 2. The van der Waals surface area contributed by atoms with Gasteiger partial charge in [0.05, 0.1) is 6.61 Å². The number of hydrogen-bond donors (Lipinski definition) is 1. The van der Waals surface area contributed by atoms with Gasteiger partial charge in [-0.1, -0.05) is 12.6 Å². The molecule has 4 bridgehead atoms. The van der Waals surface area contributed by atoms with Crippen molar-refractivity contribution in [3.8, 4) is 0 Å². The smallest absolute Gasteiger partial charge is 0.381 e. The standard InChI is InChI=1S/C18H24F8O2S/c19-15(20,16(21,22)28-17(23,24)18(25,26)29)2-1-3-27-10-14-7-11-4-12(8-14)6-13(5-11)9-14/h11-13,29H,1-10H2. The highest BCUT2D eigenvalue weighted by Gasteiger charge is 2.67. The second-order valence-electron chi connectivity index (χ2n) is 8.96. The van der Waals surface area contributed by atoms with Gasteiger partial charge in [-0.05, 0) is 68.1 Å². The fourth-order valence-corrected chi connectivity index (χ4v) is 5.64. The van der Waals surface area contributed by atoms with Gasteiger partial charge in [-0.25, -0.2) is 4.74 Å². The van der Waals surface area contributed by atoms with Crippen LogP contribution in [0.15, 0.2) is 0 Å². The van der Waals surface area contributed by atoms with E-state index in [0.29, 0.717) is 24.4 Å². The van der Waals surface area contributed by atoms with Crippen LogP contribution in [0.25, 0.3) is 0 Å². The molecule has 0 spiro atoms. The molecule has 0 saturated heterocycles. The second kappa shape index (κ2) is 7.69. The molecule has 11 heteroatoms. The van der Waals surface area contributed by atoms with Crippen molar-refractivity contribution in [1.29, 1.82) is 0 Å². The Balaban J connectivity index is 1.44. The van der Waals surface area contributed by atoms with E-state index in [9.17, 15) is 35.1 Å². The summed E-state index contributed by atoms with van der Waals surface area (Å²) in [6.07, 6.45) is -7.03. The highest BCUT2D eigenvalue weighted by Crippen LogP contribution is 2.60. The normalized spacial score (nSPS) is 32.8. The molecule has 4 saturated carbocycles. The fraction of sp³-hybridized carbons (Fsp3) is 1.00. The van der Waals surface area contributed by atoms with E-state index in [1.54, 1.807) is 0 Å². The summed E-state index contributed by atoms with van der Waals surface area (Å²) >= 11 is 2.12. The van der Waals surface area contributed by atoms with Gasteiger partial charge in [-0.15, -0.1) is 0 Å². The van der Waals surface area contributed by atoms with E-state index < -0.39 is 36.2 Å². The average molecular weight is 456 g/mol. The van der Waals surface area contributed by atoms with Gasteiger partial charge in [0, 0.05) is 13.0 Å². The van der Waals surface area contributed by atoms with Gasteiger partial charge in [0.15, 0.2) is 0 Å². The van der Waals surface area contributed by atoms with Crippen LogP contribution in [-0.4, -0.2) is 36.6 Å². The Bertz CT molecular complexity index is 558. The molecular weight excluding hydrogens is 432 g/mol. The molecule has 4 aliphatic rings. The molecule has 0 aliphatic heterocycles. The molecular formula is C18H24F8O2S. The maximum atomic E-state index is 13.6. The Hall–Kier alpha value is -0.290. The summed E-state index contributed by atoms with van der Waals surface area (Å²) in [4.78, 5) is 0. The lowest BCUT2D eigenvalue weighted by Crippen LogP contribution is -2.51. The third kappa shape index (κ3) is 4.97. The SMILES string of the molecule is FC(F)(S)C(F)(F)OC(F)(F)C(F)(F)CCCOCC12CC3CC(CC(C3)C1)C2. The number of thiol groups is 1. The number of halogens is 8. The third-order valence-corrected chi connectivity index (χ3v) is 6.65. The molecule has 0 N–H and O–H groups in total. The molecule has 0 aromatic rings. The summed E-state index contributed by atoms with van der Waals surface area (Å²) in [6, 6.07) is 0. The maximum Gasteiger partial charge on any atom is 0.434 e. The average Bonchev–Trinajstić information content (AvgIpc) is 2.50. The first-order valence-electron chi connectivity index (χ1n) is 9.66. The van der Waals surface area contributed by atoms with Gasteiger partial charge in [-0.2, -0.15) is 35.1 Å². The second-order valence-corrected chi connectivity index (χ2v) is 9.52. The Morgan fingerprint density at radius 3 is 1.72 bits per heavy atom. The van der Waals surface area contributed by atoms with E-state index in [-0.39, 0.29) is 12.0 Å². The minimum Gasteiger partial charge on any atom is -0.381 e. The zero-order chi connectivity index (χ0) is 21.7. The number of rotatable bonds is 10. The highest BCUT2D eigenvalue weighted by molar-refractivity contribution is 7.81. The van der Waals surface area contributed by atoms with Gasteiger partial charge in [0.25, 0.3) is 0 Å². The quantitative estimate of drug-likeness (QED) is 0.234. The molecule has 0 atom stereocenters. The van der Waals surface area contributed by atoms with Crippen LogP contribution in [0.2, 0.25) is 0 Å². The highest BCUT2D eigenvalue weighted by atomic mass is 32.1. The van der Waals surface area contributed by atoms with Crippen molar-refractivity contribution < 1.29 is 44.6 Å². The van der Waals surface area contributed by atoms with E-state index in [1.807, 2.05) is 0 Å². The molecule has 0 amide bonds.